The number of phenolic OH excluding ortho intramolecular Hbond substituents is 1. The first kappa shape index (κ1) is 16.1. The second kappa shape index (κ2) is 7.15. The number of anilines is 1. The molecule has 0 saturated carbocycles. The molecule has 0 bridgehead atoms. The molecule has 0 atom stereocenters. The molecule has 2 N–H and O–H groups in total. The fourth-order valence-corrected chi connectivity index (χ4v) is 1.99. The fourth-order valence-electron chi connectivity index (χ4n) is 1.64. The minimum atomic E-state index is -0.801. The van der Waals surface area contributed by atoms with Gasteiger partial charge < -0.3 is 15.2 Å². The zero-order valence-electron chi connectivity index (χ0n) is 11.2. The second-order valence-corrected chi connectivity index (χ2v) is 5.03. The Hall–Kier alpha value is -2.24. The highest BCUT2D eigenvalue weighted by molar-refractivity contribution is 6.44. The number of carbonyl (C=O) groups is 2. The molecule has 2 rings (SSSR count). The van der Waals surface area contributed by atoms with Crippen molar-refractivity contribution in [2.75, 3.05) is 11.9 Å². The third-order valence-electron chi connectivity index (χ3n) is 2.68. The van der Waals surface area contributed by atoms with Gasteiger partial charge in [-0.25, -0.2) is 4.79 Å². The van der Waals surface area contributed by atoms with Gasteiger partial charge in [0.15, 0.2) is 6.61 Å². The molecule has 1 amide bonds. The van der Waals surface area contributed by atoms with E-state index in [1.165, 1.54) is 12.1 Å². The van der Waals surface area contributed by atoms with Gasteiger partial charge in [0.25, 0.3) is 5.91 Å². The molecule has 0 heterocycles. The first-order valence-corrected chi connectivity index (χ1v) is 6.93. The normalized spacial score (nSPS) is 10.1. The number of carbonyl (C=O) groups excluding carboxylic acids is 2. The van der Waals surface area contributed by atoms with Crippen LogP contribution in [0.2, 0.25) is 10.0 Å². The third-order valence-corrected chi connectivity index (χ3v) is 3.50. The van der Waals surface area contributed by atoms with Crippen molar-refractivity contribution < 1.29 is 19.4 Å². The molecule has 0 aromatic heterocycles. The number of rotatable bonds is 4. The van der Waals surface area contributed by atoms with Gasteiger partial charge >= 0.3 is 5.97 Å². The maximum Gasteiger partial charge on any atom is 0.342 e. The molecule has 2 aromatic rings. The lowest BCUT2D eigenvalue weighted by atomic mass is 10.2. The molecular formula is C15H11Cl2NO4. The average molecular weight is 340 g/mol. The molecule has 0 radical (unpaired) electrons. The first-order valence-electron chi connectivity index (χ1n) is 6.18. The topological polar surface area (TPSA) is 75.6 Å². The second-order valence-electron chi connectivity index (χ2n) is 4.24. The minimum Gasteiger partial charge on any atom is -0.507 e. The van der Waals surface area contributed by atoms with E-state index in [4.69, 9.17) is 27.9 Å². The maximum atomic E-state index is 11.7. The molecule has 0 fully saturated rings. The van der Waals surface area contributed by atoms with Crippen LogP contribution in [0.4, 0.5) is 5.69 Å². The highest BCUT2D eigenvalue weighted by Gasteiger charge is 2.14. The van der Waals surface area contributed by atoms with Crippen molar-refractivity contribution in [2.24, 2.45) is 0 Å². The number of ether oxygens (including phenoxy) is 1. The lowest BCUT2D eigenvalue weighted by Crippen LogP contribution is -2.21. The van der Waals surface area contributed by atoms with Gasteiger partial charge in [-0.2, -0.15) is 0 Å². The molecule has 0 spiro atoms. The molecule has 7 heteroatoms. The summed E-state index contributed by atoms with van der Waals surface area (Å²) in [6, 6.07) is 10.7. The predicted octanol–water partition coefficient (Wildman–Crippen LogP) is 3.49. The first-order chi connectivity index (χ1) is 10.5. The van der Waals surface area contributed by atoms with Crippen LogP contribution in [0.25, 0.3) is 0 Å². The highest BCUT2D eigenvalue weighted by atomic mass is 35.5. The summed E-state index contributed by atoms with van der Waals surface area (Å²) in [6.07, 6.45) is 0. The van der Waals surface area contributed by atoms with Crippen molar-refractivity contribution in [1.82, 2.24) is 0 Å². The fraction of sp³-hybridized carbons (Fsp3) is 0.0667. The number of hydrogen-bond donors (Lipinski definition) is 2. The number of phenols is 1. The lowest BCUT2D eigenvalue weighted by molar-refractivity contribution is -0.119. The van der Waals surface area contributed by atoms with Crippen LogP contribution in [-0.2, 0) is 9.53 Å². The van der Waals surface area contributed by atoms with E-state index in [0.29, 0.717) is 10.7 Å². The van der Waals surface area contributed by atoms with Gasteiger partial charge in [0.2, 0.25) is 0 Å². The van der Waals surface area contributed by atoms with Crippen LogP contribution in [0.3, 0.4) is 0 Å². The summed E-state index contributed by atoms with van der Waals surface area (Å²) in [5.41, 5.74) is 0.300. The predicted molar refractivity (Wildman–Crippen MR) is 83.5 cm³/mol. The molecular weight excluding hydrogens is 329 g/mol. The monoisotopic (exact) mass is 339 g/mol. The summed E-state index contributed by atoms with van der Waals surface area (Å²) < 4.78 is 4.83. The number of halogens is 2. The molecule has 2 aromatic carbocycles. The smallest absolute Gasteiger partial charge is 0.342 e. The summed E-state index contributed by atoms with van der Waals surface area (Å²) in [7, 11) is 0. The molecule has 0 aliphatic carbocycles. The molecule has 0 aliphatic heterocycles. The molecule has 0 aliphatic rings. The van der Waals surface area contributed by atoms with E-state index in [1.807, 2.05) is 0 Å². The van der Waals surface area contributed by atoms with E-state index in [9.17, 15) is 14.7 Å². The van der Waals surface area contributed by atoms with Gasteiger partial charge in [-0.15, -0.1) is 0 Å². The Morgan fingerprint density at radius 3 is 2.55 bits per heavy atom. The summed E-state index contributed by atoms with van der Waals surface area (Å²) in [6.45, 7) is -0.518. The van der Waals surface area contributed by atoms with Crippen LogP contribution in [0.5, 0.6) is 5.75 Å². The Labute approximate surface area is 136 Å². The Bertz CT molecular complexity index is 718. The lowest BCUT2D eigenvalue weighted by Gasteiger charge is -2.09. The van der Waals surface area contributed by atoms with E-state index in [1.54, 1.807) is 30.3 Å². The summed E-state index contributed by atoms with van der Waals surface area (Å²) in [4.78, 5) is 23.5. The van der Waals surface area contributed by atoms with E-state index in [0.717, 1.165) is 0 Å². The van der Waals surface area contributed by atoms with E-state index >= 15 is 0 Å². The van der Waals surface area contributed by atoms with Gasteiger partial charge in [0.1, 0.15) is 11.3 Å². The van der Waals surface area contributed by atoms with Crippen LogP contribution in [0.1, 0.15) is 10.4 Å². The minimum absolute atomic E-state index is 0.0175. The largest absolute Gasteiger partial charge is 0.507 e. The van der Waals surface area contributed by atoms with Gasteiger partial charge in [-0.05, 0) is 24.3 Å². The van der Waals surface area contributed by atoms with Crippen molar-refractivity contribution in [2.45, 2.75) is 0 Å². The molecule has 22 heavy (non-hydrogen) atoms. The number of aromatic hydroxyl groups is 1. The highest BCUT2D eigenvalue weighted by Crippen LogP contribution is 2.29. The van der Waals surface area contributed by atoms with Crippen LogP contribution in [0, 0.1) is 0 Å². The summed E-state index contributed by atoms with van der Waals surface area (Å²) in [5.74, 6) is -1.59. The van der Waals surface area contributed by atoms with Gasteiger partial charge in [-0.3, -0.25) is 4.79 Å². The van der Waals surface area contributed by atoms with Crippen LogP contribution >= 0.6 is 23.2 Å². The van der Waals surface area contributed by atoms with E-state index in [2.05, 4.69) is 5.32 Å². The van der Waals surface area contributed by atoms with Crippen molar-refractivity contribution in [1.29, 1.82) is 0 Å². The average Bonchev–Trinajstić information content (AvgIpc) is 2.50. The zero-order valence-corrected chi connectivity index (χ0v) is 12.7. The number of hydrogen-bond acceptors (Lipinski definition) is 4. The quantitative estimate of drug-likeness (QED) is 0.836. The molecule has 0 unspecified atom stereocenters. The van der Waals surface area contributed by atoms with Crippen LogP contribution in [0.15, 0.2) is 42.5 Å². The number of amides is 1. The summed E-state index contributed by atoms with van der Waals surface area (Å²) in [5, 5.41) is 12.5. The Kier molecular flexibility index (Phi) is 5.25. The van der Waals surface area contributed by atoms with Gasteiger partial charge in [0.05, 0.1) is 15.7 Å². The Balaban J connectivity index is 1.95. The maximum absolute atomic E-state index is 11.7. The third kappa shape index (κ3) is 3.90. The zero-order chi connectivity index (χ0) is 16.1. The van der Waals surface area contributed by atoms with Gasteiger partial charge in [0, 0.05) is 0 Å². The number of para-hydroxylation sites is 1. The van der Waals surface area contributed by atoms with Gasteiger partial charge in [-0.1, -0.05) is 41.4 Å². The van der Waals surface area contributed by atoms with Crippen molar-refractivity contribution in [3.8, 4) is 5.75 Å². The Morgan fingerprint density at radius 2 is 1.82 bits per heavy atom. The SMILES string of the molecule is O=C(COC(=O)c1ccccc1O)Nc1cccc(Cl)c1Cl. The number of nitrogens with one attached hydrogen (secondary N) is 1. The molecule has 0 saturated heterocycles. The molecule has 5 nitrogen and oxygen atoms in total. The number of benzene rings is 2. The Morgan fingerprint density at radius 1 is 1.09 bits per heavy atom. The van der Waals surface area contributed by atoms with Crippen molar-refractivity contribution in [3.63, 3.8) is 0 Å². The van der Waals surface area contributed by atoms with Crippen LogP contribution < -0.4 is 5.32 Å². The molecule has 114 valence electrons. The summed E-state index contributed by atoms with van der Waals surface area (Å²) >= 11 is 11.8. The number of esters is 1. The van der Waals surface area contributed by atoms with E-state index in [-0.39, 0.29) is 16.3 Å². The van der Waals surface area contributed by atoms with Crippen LogP contribution in [-0.4, -0.2) is 23.6 Å². The standard InChI is InChI=1S/C15H11Cl2NO4/c16-10-5-3-6-11(14(10)17)18-13(20)8-22-15(21)9-4-1-2-7-12(9)19/h1-7,19H,8H2,(H,18,20). The van der Waals surface area contributed by atoms with E-state index < -0.39 is 18.5 Å². The van der Waals surface area contributed by atoms with Crippen molar-refractivity contribution >= 4 is 40.8 Å². The van der Waals surface area contributed by atoms with Crippen molar-refractivity contribution in [3.05, 3.63) is 58.1 Å².